The van der Waals surface area contributed by atoms with Crippen LogP contribution in [0.25, 0.3) is 0 Å². The molecule has 1 heterocycles. The summed E-state index contributed by atoms with van der Waals surface area (Å²) >= 11 is 0. The molecule has 0 saturated heterocycles. The molecule has 1 amide bonds. The Hall–Kier alpha value is -2.40. The Balaban J connectivity index is 1.56. The minimum Gasteiger partial charge on any atom is -0.487 e. The van der Waals surface area contributed by atoms with Crippen molar-refractivity contribution in [1.29, 1.82) is 0 Å². The molecule has 23 heavy (non-hydrogen) atoms. The molecule has 2 aromatic rings. The number of aryl methyl sites for hydroxylation is 1. The third-order valence-electron chi connectivity index (χ3n) is 3.94. The molecule has 5 heteroatoms. The maximum atomic E-state index is 13.2. The zero-order valence-corrected chi connectivity index (χ0v) is 12.5. The Morgan fingerprint density at radius 1 is 1.30 bits per heavy atom. The number of carbonyl (C=O) groups excluding carboxylic acids is 1. The second kappa shape index (κ2) is 6.79. The number of benzene rings is 2. The van der Waals surface area contributed by atoms with E-state index in [-0.39, 0.29) is 18.3 Å². The molecule has 0 saturated carbocycles. The van der Waals surface area contributed by atoms with E-state index in [1.54, 1.807) is 30.3 Å². The van der Waals surface area contributed by atoms with Crippen LogP contribution < -0.4 is 10.1 Å². The smallest absolute Gasteiger partial charge is 0.251 e. The molecule has 0 fully saturated rings. The van der Waals surface area contributed by atoms with Crippen molar-refractivity contribution in [3.8, 4) is 5.75 Å². The molecule has 2 aromatic carbocycles. The summed E-state index contributed by atoms with van der Waals surface area (Å²) in [5.74, 6) is 0.0699. The molecule has 0 aliphatic carbocycles. The fourth-order valence-electron chi connectivity index (χ4n) is 2.67. The first-order valence-corrected chi connectivity index (χ1v) is 7.60. The highest BCUT2D eigenvalue weighted by atomic mass is 19.1. The minimum absolute atomic E-state index is 0.106. The van der Waals surface area contributed by atoms with Crippen LogP contribution in [0.2, 0.25) is 0 Å². The van der Waals surface area contributed by atoms with Gasteiger partial charge in [-0.15, -0.1) is 0 Å². The van der Waals surface area contributed by atoms with E-state index in [9.17, 15) is 14.3 Å². The van der Waals surface area contributed by atoms with E-state index in [1.165, 1.54) is 12.1 Å². The van der Waals surface area contributed by atoms with Gasteiger partial charge in [-0.1, -0.05) is 18.2 Å². The van der Waals surface area contributed by atoms with E-state index in [0.29, 0.717) is 24.2 Å². The molecule has 0 aromatic heterocycles. The zero-order chi connectivity index (χ0) is 16.2. The van der Waals surface area contributed by atoms with Crippen LogP contribution >= 0.6 is 0 Å². The molecule has 0 unspecified atom stereocenters. The second-order valence-corrected chi connectivity index (χ2v) is 5.59. The summed E-state index contributed by atoms with van der Waals surface area (Å²) in [5, 5.41) is 12.9. The predicted octanol–water partition coefficient (Wildman–Crippen LogP) is 2.31. The average Bonchev–Trinajstić information content (AvgIpc) is 2.59. The third kappa shape index (κ3) is 3.68. The van der Waals surface area contributed by atoms with E-state index < -0.39 is 12.2 Å². The van der Waals surface area contributed by atoms with E-state index in [0.717, 1.165) is 5.56 Å². The summed E-state index contributed by atoms with van der Waals surface area (Å²) in [6.07, 6.45) is -0.00908. The first-order chi connectivity index (χ1) is 11.1. The highest BCUT2D eigenvalue weighted by Gasteiger charge is 2.27. The quantitative estimate of drug-likeness (QED) is 0.910. The number of hydrogen-bond donors (Lipinski definition) is 2. The van der Waals surface area contributed by atoms with Gasteiger partial charge >= 0.3 is 0 Å². The number of rotatable bonds is 4. The Kier molecular flexibility index (Phi) is 4.57. The second-order valence-electron chi connectivity index (χ2n) is 5.59. The number of amides is 1. The van der Waals surface area contributed by atoms with Crippen LogP contribution in [0.4, 0.5) is 4.39 Å². The lowest BCUT2D eigenvalue weighted by Crippen LogP contribution is -2.43. The fourth-order valence-corrected chi connectivity index (χ4v) is 2.67. The molecular weight excluding hydrogens is 297 g/mol. The molecule has 1 aliphatic rings. The molecule has 3 rings (SSSR count). The van der Waals surface area contributed by atoms with Crippen LogP contribution in [0.15, 0.2) is 48.5 Å². The van der Waals surface area contributed by atoms with Crippen molar-refractivity contribution in [1.82, 2.24) is 5.32 Å². The van der Waals surface area contributed by atoms with Gasteiger partial charge in [-0.3, -0.25) is 4.79 Å². The van der Waals surface area contributed by atoms with Gasteiger partial charge in [0.25, 0.3) is 5.91 Å². The first kappa shape index (κ1) is 15.5. The summed E-state index contributed by atoms with van der Waals surface area (Å²) in [4.78, 5) is 12.0. The van der Waals surface area contributed by atoms with Crippen molar-refractivity contribution in [2.45, 2.75) is 25.0 Å². The van der Waals surface area contributed by atoms with Gasteiger partial charge in [0.2, 0.25) is 0 Å². The highest BCUT2D eigenvalue weighted by molar-refractivity contribution is 5.94. The zero-order valence-electron chi connectivity index (χ0n) is 12.5. The van der Waals surface area contributed by atoms with Crippen molar-refractivity contribution >= 4 is 5.91 Å². The highest BCUT2D eigenvalue weighted by Crippen LogP contribution is 2.29. The van der Waals surface area contributed by atoms with Crippen LogP contribution in [0.1, 0.15) is 22.3 Å². The lowest BCUT2D eigenvalue weighted by molar-refractivity contribution is 0.0242. The van der Waals surface area contributed by atoms with Crippen molar-refractivity contribution < 1.29 is 19.0 Å². The standard InChI is InChI=1S/C18H18FNO3/c19-14-7-9-16-13(10-14)6-8-17(23-16)15(21)11-20-18(22)12-4-2-1-3-5-12/h1-5,7,9-10,15,17,21H,6,8,11H2,(H,20,22)/t15-,17-/m1/s1. The lowest BCUT2D eigenvalue weighted by atomic mass is 9.99. The van der Waals surface area contributed by atoms with Crippen molar-refractivity contribution in [3.63, 3.8) is 0 Å². The lowest BCUT2D eigenvalue weighted by Gasteiger charge is -2.29. The Morgan fingerprint density at radius 2 is 2.09 bits per heavy atom. The molecule has 2 atom stereocenters. The molecule has 0 bridgehead atoms. The van der Waals surface area contributed by atoms with Gasteiger partial charge < -0.3 is 15.2 Å². The first-order valence-electron chi connectivity index (χ1n) is 7.60. The monoisotopic (exact) mass is 315 g/mol. The van der Waals surface area contributed by atoms with Gasteiger partial charge in [0.1, 0.15) is 23.8 Å². The minimum atomic E-state index is -0.819. The molecular formula is C18H18FNO3. The van der Waals surface area contributed by atoms with E-state index in [1.807, 2.05) is 6.07 Å². The Bertz CT molecular complexity index is 690. The third-order valence-corrected chi connectivity index (χ3v) is 3.94. The number of aliphatic hydroxyl groups is 1. The number of hydrogen-bond acceptors (Lipinski definition) is 3. The van der Waals surface area contributed by atoms with E-state index >= 15 is 0 Å². The van der Waals surface area contributed by atoms with Crippen molar-refractivity contribution in [2.24, 2.45) is 0 Å². The normalized spacial score (nSPS) is 17.7. The van der Waals surface area contributed by atoms with Gasteiger partial charge in [-0.25, -0.2) is 4.39 Å². The van der Waals surface area contributed by atoms with E-state index in [2.05, 4.69) is 5.32 Å². The molecule has 1 aliphatic heterocycles. The van der Waals surface area contributed by atoms with Crippen LogP contribution in [-0.4, -0.2) is 29.8 Å². The summed E-state index contributed by atoms with van der Waals surface area (Å²) in [6.45, 7) is 0.106. The number of nitrogens with one attached hydrogen (secondary N) is 1. The van der Waals surface area contributed by atoms with Crippen LogP contribution in [0.3, 0.4) is 0 Å². The van der Waals surface area contributed by atoms with Crippen molar-refractivity contribution in [3.05, 3.63) is 65.5 Å². The summed E-state index contributed by atoms with van der Waals surface area (Å²) in [5.41, 5.74) is 1.35. The number of aliphatic hydroxyl groups excluding tert-OH is 1. The molecule has 120 valence electrons. The number of fused-ring (bicyclic) bond motifs is 1. The molecule has 4 nitrogen and oxygen atoms in total. The van der Waals surface area contributed by atoms with E-state index in [4.69, 9.17) is 4.74 Å². The predicted molar refractivity (Wildman–Crippen MR) is 83.9 cm³/mol. The summed E-state index contributed by atoms with van der Waals surface area (Å²) in [6, 6.07) is 13.2. The van der Waals surface area contributed by atoms with Crippen LogP contribution in [0.5, 0.6) is 5.75 Å². The SMILES string of the molecule is O=C(NC[C@@H](O)[C@H]1CCc2cc(F)ccc2O1)c1ccccc1. The summed E-state index contributed by atoms with van der Waals surface area (Å²) < 4.78 is 18.9. The van der Waals surface area contributed by atoms with Gasteiger partial charge in [0.15, 0.2) is 0 Å². The maximum absolute atomic E-state index is 13.2. The largest absolute Gasteiger partial charge is 0.487 e. The Morgan fingerprint density at radius 3 is 2.87 bits per heavy atom. The number of ether oxygens (including phenoxy) is 1. The van der Waals surface area contributed by atoms with Crippen LogP contribution in [0, 0.1) is 5.82 Å². The molecule has 0 radical (unpaired) electrons. The summed E-state index contributed by atoms with van der Waals surface area (Å²) in [7, 11) is 0. The number of halogens is 1. The maximum Gasteiger partial charge on any atom is 0.251 e. The molecule has 0 spiro atoms. The number of carbonyl (C=O) groups is 1. The Labute approximate surface area is 133 Å². The fraction of sp³-hybridized carbons (Fsp3) is 0.278. The van der Waals surface area contributed by atoms with Gasteiger partial charge in [-0.2, -0.15) is 0 Å². The van der Waals surface area contributed by atoms with Gasteiger partial charge in [-0.05, 0) is 48.7 Å². The average molecular weight is 315 g/mol. The van der Waals surface area contributed by atoms with Crippen LogP contribution in [-0.2, 0) is 6.42 Å². The molecule has 2 N–H and O–H groups in total. The van der Waals surface area contributed by atoms with Gasteiger partial charge in [0.05, 0.1) is 0 Å². The van der Waals surface area contributed by atoms with Crippen molar-refractivity contribution in [2.75, 3.05) is 6.54 Å². The topological polar surface area (TPSA) is 58.6 Å². The van der Waals surface area contributed by atoms with Gasteiger partial charge in [0, 0.05) is 12.1 Å².